The highest BCUT2D eigenvalue weighted by molar-refractivity contribution is 5.73. The molecule has 0 spiro atoms. The van der Waals surface area contributed by atoms with Gasteiger partial charge in [-0.1, -0.05) is 12.1 Å². The molecule has 1 saturated heterocycles. The van der Waals surface area contributed by atoms with Crippen LogP contribution in [0.15, 0.2) is 24.3 Å². The third-order valence-corrected chi connectivity index (χ3v) is 4.22. The van der Waals surface area contributed by atoms with Gasteiger partial charge in [0.05, 0.1) is 12.8 Å². The fourth-order valence-electron chi connectivity index (χ4n) is 2.93. The molecule has 134 valence electrons. The summed E-state index contributed by atoms with van der Waals surface area (Å²) in [6, 6.07) is 7.98. The van der Waals surface area contributed by atoms with Crippen molar-refractivity contribution in [3.63, 3.8) is 0 Å². The number of carbonyl (C=O) groups excluding carboxylic acids is 1. The van der Waals surface area contributed by atoms with E-state index in [1.807, 2.05) is 25.1 Å². The molecule has 1 aromatic rings. The van der Waals surface area contributed by atoms with E-state index >= 15 is 0 Å². The lowest BCUT2D eigenvalue weighted by Gasteiger charge is -2.21. The maximum atomic E-state index is 11.8. The lowest BCUT2D eigenvalue weighted by molar-refractivity contribution is 0.145. The minimum absolute atomic E-state index is 0.0951. The van der Waals surface area contributed by atoms with Gasteiger partial charge in [-0.2, -0.15) is 0 Å². The highest BCUT2D eigenvalue weighted by atomic mass is 16.5. The summed E-state index contributed by atoms with van der Waals surface area (Å²) in [7, 11) is 1.70. The number of hydrogen-bond acceptors (Lipinski definition) is 4. The van der Waals surface area contributed by atoms with E-state index in [2.05, 4.69) is 21.6 Å². The minimum atomic E-state index is -0.0951. The number of urea groups is 1. The van der Waals surface area contributed by atoms with Gasteiger partial charge in [0.1, 0.15) is 5.75 Å². The highest BCUT2D eigenvalue weighted by Gasteiger charge is 2.24. The smallest absolute Gasteiger partial charge is 0.314 e. The molecule has 0 bridgehead atoms. The lowest BCUT2D eigenvalue weighted by atomic mass is 10.1. The quantitative estimate of drug-likeness (QED) is 0.680. The van der Waals surface area contributed by atoms with Crippen molar-refractivity contribution < 1.29 is 14.3 Å². The highest BCUT2D eigenvalue weighted by Crippen LogP contribution is 2.31. The Bertz CT molecular complexity index is 510. The summed E-state index contributed by atoms with van der Waals surface area (Å²) in [6.07, 6.45) is 1.91. The maximum Gasteiger partial charge on any atom is 0.314 e. The van der Waals surface area contributed by atoms with E-state index in [0.29, 0.717) is 25.6 Å². The number of methoxy groups -OCH3 is 1. The Hall–Kier alpha value is -1.95. The molecule has 1 aliphatic heterocycles. The van der Waals surface area contributed by atoms with Gasteiger partial charge in [0.25, 0.3) is 0 Å². The first kappa shape index (κ1) is 18.4. The third-order valence-electron chi connectivity index (χ3n) is 4.22. The largest absolute Gasteiger partial charge is 0.495 e. The van der Waals surface area contributed by atoms with Gasteiger partial charge in [0.15, 0.2) is 0 Å². The Morgan fingerprint density at radius 2 is 2.17 bits per heavy atom. The van der Waals surface area contributed by atoms with E-state index in [0.717, 1.165) is 44.0 Å². The molecular weight excluding hydrogens is 306 g/mol. The summed E-state index contributed by atoms with van der Waals surface area (Å²) >= 11 is 0. The monoisotopic (exact) mass is 335 g/mol. The molecule has 1 heterocycles. The van der Waals surface area contributed by atoms with Crippen LogP contribution in [-0.4, -0.2) is 52.5 Å². The molecule has 1 aromatic carbocycles. The zero-order valence-electron chi connectivity index (χ0n) is 14.7. The van der Waals surface area contributed by atoms with Crippen LogP contribution in [0.2, 0.25) is 0 Å². The van der Waals surface area contributed by atoms with Crippen LogP contribution < -0.4 is 20.3 Å². The summed E-state index contributed by atoms with van der Waals surface area (Å²) in [5.41, 5.74) is 1.13. The first-order valence-corrected chi connectivity index (χ1v) is 8.72. The lowest BCUT2D eigenvalue weighted by Crippen LogP contribution is -2.39. The Morgan fingerprint density at radius 1 is 1.33 bits per heavy atom. The number of anilines is 1. The second-order valence-corrected chi connectivity index (χ2v) is 5.96. The Morgan fingerprint density at radius 3 is 2.96 bits per heavy atom. The molecule has 24 heavy (non-hydrogen) atoms. The predicted molar refractivity (Wildman–Crippen MR) is 95.8 cm³/mol. The maximum absolute atomic E-state index is 11.8. The molecule has 2 amide bonds. The van der Waals surface area contributed by atoms with E-state index in [1.165, 1.54) is 0 Å². The number of para-hydroxylation sites is 2. The van der Waals surface area contributed by atoms with E-state index < -0.39 is 0 Å². The van der Waals surface area contributed by atoms with Crippen LogP contribution in [0.25, 0.3) is 0 Å². The van der Waals surface area contributed by atoms with Crippen molar-refractivity contribution in [1.29, 1.82) is 0 Å². The SMILES string of the molecule is CCOCCCNC(=O)NCC1CCN(c2ccccc2OC)C1. The molecule has 6 heteroatoms. The van der Waals surface area contributed by atoms with Crippen molar-refractivity contribution in [3.8, 4) is 5.75 Å². The number of hydrogen-bond donors (Lipinski definition) is 2. The number of amides is 2. The molecule has 1 atom stereocenters. The Balaban J connectivity index is 1.67. The Kier molecular flexibility index (Phi) is 7.68. The molecule has 2 N–H and O–H groups in total. The van der Waals surface area contributed by atoms with E-state index in [1.54, 1.807) is 7.11 Å². The number of ether oxygens (including phenoxy) is 2. The van der Waals surface area contributed by atoms with Gasteiger partial charge >= 0.3 is 6.03 Å². The summed E-state index contributed by atoms with van der Waals surface area (Å²) < 4.78 is 10.7. The van der Waals surface area contributed by atoms with Crippen molar-refractivity contribution in [2.75, 3.05) is 51.4 Å². The van der Waals surface area contributed by atoms with Gasteiger partial charge in [0, 0.05) is 39.4 Å². The van der Waals surface area contributed by atoms with Crippen LogP contribution in [-0.2, 0) is 4.74 Å². The fourth-order valence-corrected chi connectivity index (χ4v) is 2.93. The number of nitrogens with one attached hydrogen (secondary N) is 2. The van der Waals surface area contributed by atoms with Crippen molar-refractivity contribution in [1.82, 2.24) is 10.6 Å². The first-order valence-electron chi connectivity index (χ1n) is 8.72. The topological polar surface area (TPSA) is 62.8 Å². The molecule has 1 aliphatic rings. The van der Waals surface area contributed by atoms with Gasteiger partial charge in [-0.05, 0) is 37.8 Å². The zero-order valence-corrected chi connectivity index (χ0v) is 14.7. The molecule has 1 unspecified atom stereocenters. The van der Waals surface area contributed by atoms with E-state index in [9.17, 15) is 4.79 Å². The summed E-state index contributed by atoms with van der Waals surface area (Å²) in [5.74, 6) is 1.36. The molecule has 2 rings (SSSR count). The molecule has 1 fully saturated rings. The van der Waals surface area contributed by atoms with Gasteiger partial charge < -0.3 is 25.0 Å². The second-order valence-electron chi connectivity index (χ2n) is 5.96. The standard InChI is InChI=1S/C18H29N3O3/c1-3-24-12-6-10-19-18(22)20-13-15-9-11-21(14-15)16-7-4-5-8-17(16)23-2/h4-5,7-8,15H,3,6,9-14H2,1-2H3,(H2,19,20,22). The van der Waals surface area contributed by atoms with Crippen molar-refractivity contribution in [2.24, 2.45) is 5.92 Å². The van der Waals surface area contributed by atoms with Crippen molar-refractivity contribution >= 4 is 11.7 Å². The molecular formula is C18H29N3O3. The summed E-state index contributed by atoms with van der Waals surface area (Å²) in [6.45, 7) is 6.64. The van der Waals surface area contributed by atoms with Crippen molar-refractivity contribution in [2.45, 2.75) is 19.8 Å². The number of benzene rings is 1. The van der Waals surface area contributed by atoms with Gasteiger partial charge in [-0.25, -0.2) is 4.79 Å². The van der Waals surface area contributed by atoms with Crippen LogP contribution >= 0.6 is 0 Å². The normalized spacial score (nSPS) is 16.9. The van der Waals surface area contributed by atoms with Crippen LogP contribution in [0.1, 0.15) is 19.8 Å². The summed E-state index contributed by atoms with van der Waals surface area (Å²) in [4.78, 5) is 14.1. The average Bonchev–Trinajstić information content (AvgIpc) is 3.08. The molecule has 6 nitrogen and oxygen atoms in total. The fraction of sp³-hybridized carbons (Fsp3) is 0.611. The van der Waals surface area contributed by atoms with Gasteiger partial charge in [-0.3, -0.25) is 0 Å². The van der Waals surface area contributed by atoms with Gasteiger partial charge in [-0.15, -0.1) is 0 Å². The molecule has 0 radical (unpaired) electrons. The van der Waals surface area contributed by atoms with Crippen LogP contribution in [0.5, 0.6) is 5.75 Å². The Labute approximate surface area is 144 Å². The number of nitrogens with zero attached hydrogens (tertiary/aromatic N) is 1. The average molecular weight is 335 g/mol. The first-order chi connectivity index (χ1) is 11.7. The predicted octanol–water partition coefficient (Wildman–Crippen LogP) is 2.25. The summed E-state index contributed by atoms with van der Waals surface area (Å²) in [5, 5.41) is 5.83. The molecule has 0 aliphatic carbocycles. The molecule has 0 saturated carbocycles. The van der Waals surface area contributed by atoms with Crippen LogP contribution in [0.3, 0.4) is 0 Å². The number of carbonyl (C=O) groups is 1. The van der Waals surface area contributed by atoms with Crippen molar-refractivity contribution in [3.05, 3.63) is 24.3 Å². The molecule has 0 aromatic heterocycles. The second kappa shape index (κ2) is 10.0. The minimum Gasteiger partial charge on any atom is -0.495 e. The van der Waals surface area contributed by atoms with Crippen LogP contribution in [0.4, 0.5) is 10.5 Å². The van der Waals surface area contributed by atoms with E-state index in [4.69, 9.17) is 9.47 Å². The van der Waals surface area contributed by atoms with E-state index in [-0.39, 0.29) is 6.03 Å². The number of rotatable bonds is 9. The van der Waals surface area contributed by atoms with Crippen LogP contribution in [0, 0.1) is 5.92 Å². The zero-order chi connectivity index (χ0) is 17.2. The third kappa shape index (κ3) is 5.60. The van der Waals surface area contributed by atoms with Gasteiger partial charge in [0.2, 0.25) is 0 Å².